The molecule has 0 aliphatic carbocycles. The van der Waals surface area contributed by atoms with Gasteiger partial charge < -0.3 is 9.72 Å². The predicted molar refractivity (Wildman–Crippen MR) is 125 cm³/mol. The summed E-state index contributed by atoms with van der Waals surface area (Å²) in [5, 5.41) is 2.16. The minimum atomic E-state index is -0.261. The second-order valence-corrected chi connectivity index (χ2v) is 8.93. The van der Waals surface area contributed by atoms with Crippen molar-refractivity contribution in [3.05, 3.63) is 71.8 Å². The average Bonchev–Trinajstić information content (AvgIpc) is 3.11. The van der Waals surface area contributed by atoms with E-state index in [1.54, 1.807) is 0 Å². The number of benzene rings is 3. The Morgan fingerprint density at radius 2 is 1.70 bits per heavy atom. The van der Waals surface area contributed by atoms with E-state index >= 15 is 0 Å². The third-order valence-corrected chi connectivity index (χ3v) is 5.64. The van der Waals surface area contributed by atoms with Crippen molar-refractivity contribution in [3.63, 3.8) is 0 Å². The van der Waals surface area contributed by atoms with Crippen LogP contribution in [0.2, 0.25) is 0 Å². The molecule has 3 aromatic carbocycles. The standard InChI is InChI=1S/C27H29NO2/c1-5-6-15-30-26(29)19-16-22(18-11-13-20(14-12-18)27(2,3)4)25-23(17-19)21-9-7-8-10-24(21)28-25/h7-14,16-17,28H,5-6,15H2,1-4H3. The Morgan fingerprint density at radius 3 is 2.40 bits per heavy atom. The highest BCUT2D eigenvalue weighted by atomic mass is 16.5. The van der Waals surface area contributed by atoms with Crippen molar-refractivity contribution in [2.45, 2.75) is 46.0 Å². The van der Waals surface area contributed by atoms with Gasteiger partial charge in [-0.15, -0.1) is 0 Å². The molecule has 30 heavy (non-hydrogen) atoms. The molecule has 0 saturated heterocycles. The Morgan fingerprint density at radius 1 is 0.967 bits per heavy atom. The van der Waals surface area contributed by atoms with E-state index in [2.05, 4.69) is 69.1 Å². The first-order valence-corrected chi connectivity index (χ1v) is 10.7. The van der Waals surface area contributed by atoms with Crippen molar-refractivity contribution in [3.8, 4) is 11.1 Å². The number of esters is 1. The molecule has 0 spiro atoms. The SMILES string of the molecule is CCCCOC(=O)c1cc(-c2ccc(C(C)(C)C)cc2)c2[nH]c3ccccc3c2c1. The highest BCUT2D eigenvalue weighted by Gasteiger charge is 2.17. The molecular formula is C27H29NO2. The predicted octanol–water partition coefficient (Wildman–Crippen LogP) is 7.24. The summed E-state index contributed by atoms with van der Waals surface area (Å²) in [6.07, 6.45) is 1.88. The van der Waals surface area contributed by atoms with Gasteiger partial charge in [0.15, 0.2) is 0 Å². The van der Waals surface area contributed by atoms with Crippen LogP contribution in [-0.2, 0) is 10.2 Å². The lowest BCUT2D eigenvalue weighted by atomic mass is 9.86. The van der Waals surface area contributed by atoms with E-state index in [-0.39, 0.29) is 11.4 Å². The molecule has 4 rings (SSSR count). The first-order chi connectivity index (χ1) is 14.4. The molecule has 0 radical (unpaired) electrons. The summed E-state index contributed by atoms with van der Waals surface area (Å²) in [5.41, 5.74) is 6.20. The number of hydrogen-bond acceptors (Lipinski definition) is 2. The first-order valence-electron chi connectivity index (χ1n) is 10.7. The molecule has 0 unspecified atom stereocenters. The molecule has 3 heteroatoms. The molecule has 1 aromatic heterocycles. The Labute approximate surface area is 178 Å². The molecule has 0 saturated carbocycles. The number of aromatic amines is 1. The number of H-pyrrole nitrogens is 1. The van der Waals surface area contributed by atoms with Crippen LogP contribution in [0.3, 0.4) is 0 Å². The van der Waals surface area contributed by atoms with Gasteiger partial charge in [0, 0.05) is 21.9 Å². The minimum absolute atomic E-state index is 0.0971. The molecule has 0 atom stereocenters. The summed E-state index contributed by atoms with van der Waals surface area (Å²) in [7, 11) is 0. The lowest BCUT2D eigenvalue weighted by Crippen LogP contribution is -2.10. The van der Waals surface area contributed by atoms with E-state index in [1.165, 1.54) is 5.56 Å². The maximum atomic E-state index is 12.8. The van der Waals surface area contributed by atoms with Gasteiger partial charge in [-0.25, -0.2) is 4.79 Å². The summed E-state index contributed by atoms with van der Waals surface area (Å²) in [4.78, 5) is 16.3. The van der Waals surface area contributed by atoms with Crippen LogP contribution in [-0.4, -0.2) is 17.6 Å². The van der Waals surface area contributed by atoms with Crippen LogP contribution in [0.1, 0.15) is 56.5 Å². The van der Waals surface area contributed by atoms with Gasteiger partial charge in [0.25, 0.3) is 0 Å². The van der Waals surface area contributed by atoms with Gasteiger partial charge in [-0.3, -0.25) is 0 Å². The molecule has 4 aromatic rings. The van der Waals surface area contributed by atoms with Crippen LogP contribution in [0.4, 0.5) is 0 Å². The molecule has 0 aliphatic heterocycles. The van der Waals surface area contributed by atoms with Crippen molar-refractivity contribution < 1.29 is 9.53 Å². The van der Waals surface area contributed by atoms with Gasteiger partial charge in [0.05, 0.1) is 17.7 Å². The van der Waals surface area contributed by atoms with Crippen LogP contribution in [0.15, 0.2) is 60.7 Å². The normalized spacial score (nSPS) is 11.9. The monoisotopic (exact) mass is 399 g/mol. The Hall–Kier alpha value is -3.07. The van der Waals surface area contributed by atoms with E-state index in [4.69, 9.17) is 4.74 Å². The van der Waals surface area contributed by atoms with Crippen LogP contribution in [0.5, 0.6) is 0 Å². The molecule has 154 valence electrons. The third-order valence-electron chi connectivity index (χ3n) is 5.64. The zero-order valence-electron chi connectivity index (χ0n) is 18.2. The smallest absolute Gasteiger partial charge is 0.338 e. The van der Waals surface area contributed by atoms with E-state index in [9.17, 15) is 4.79 Å². The highest BCUT2D eigenvalue weighted by Crippen LogP contribution is 2.35. The molecule has 0 aliphatic rings. The van der Waals surface area contributed by atoms with Crippen molar-refractivity contribution in [1.29, 1.82) is 0 Å². The van der Waals surface area contributed by atoms with E-state index in [1.807, 2.05) is 24.3 Å². The number of rotatable bonds is 5. The number of aromatic nitrogens is 1. The zero-order valence-corrected chi connectivity index (χ0v) is 18.2. The van der Waals surface area contributed by atoms with Gasteiger partial charge in [0.2, 0.25) is 0 Å². The Kier molecular flexibility index (Phi) is 5.38. The van der Waals surface area contributed by atoms with Gasteiger partial charge >= 0.3 is 5.97 Å². The van der Waals surface area contributed by atoms with Crippen LogP contribution in [0.25, 0.3) is 32.9 Å². The fourth-order valence-electron chi connectivity index (χ4n) is 3.84. The first kappa shape index (κ1) is 20.2. The molecule has 3 nitrogen and oxygen atoms in total. The van der Waals surface area contributed by atoms with E-state index < -0.39 is 0 Å². The number of fused-ring (bicyclic) bond motifs is 3. The molecule has 0 bridgehead atoms. The Balaban J connectivity index is 1.87. The number of carbonyl (C=O) groups is 1. The maximum Gasteiger partial charge on any atom is 0.338 e. The number of hydrogen-bond donors (Lipinski definition) is 1. The minimum Gasteiger partial charge on any atom is -0.462 e. The molecule has 1 N–H and O–H groups in total. The van der Waals surface area contributed by atoms with Crippen molar-refractivity contribution in [1.82, 2.24) is 4.98 Å². The molecule has 0 amide bonds. The average molecular weight is 400 g/mol. The summed E-state index contributed by atoms with van der Waals surface area (Å²) >= 11 is 0. The number of unbranched alkanes of at least 4 members (excludes halogenated alkanes) is 1. The quantitative estimate of drug-likeness (QED) is 0.284. The fraction of sp³-hybridized carbons (Fsp3) is 0.296. The second-order valence-electron chi connectivity index (χ2n) is 8.93. The topological polar surface area (TPSA) is 42.1 Å². The van der Waals surface area contributed by atoms with Gasteiger partial charge in [-0.05, 0) is 41.2 Å². The van der Waals surface area contributed by atoms with E-state index in [0.29, 0.717) is 12.2 Å². The van der Waals surface area contributed by atoms with Crippen molar-refractivity contribution in [2.24, 2.45) is 0 Å². The molecular weight excluding hydrogens is 370 g/mol. The number of nitrogens with one attached hydrogen (secondary N) is 1. The van der Waals surface area contributed by atoms with Gasteiger partial charge in [-0.2, -0.15) is 0 Å². The summed E-state index contributed by atoms with van der Waals surface area (Å²) < 4.78 is 5.51. The Bertz CT molecular complexity index is 1190. The lowest BCUT2D eigenvalue weighted by molar-refractivity contribution is 0.0500. The summed E-state index contributed by atoms with van der Waals surface area (Å²) in [5.74, 6) is -0.261. The third kappa shape index (κ3) is 3.85. The number of ether oxygens (including phenoxy) is 1. The maximum absolute atomic E-state index is 12.8. The number of para-hydroxylation sites is 1. The second kappa shape index (κ2) is 7.98. The van der Waals surface area contributed by atoms with Crippen molar-refractivity contribution in [2.75, 3.05) is 6.61 Å². The van der Waals surface area contributed by atoms with Crippen LogP contribution < -0.4 is 0 Å². The van der Waals surface area contributed by atoms with Gasteiger partial charge in [-0.1, -0.05) is 76.6 Å². The highest BCUT2D eigenvalue weighted by molar-refractivity contribution is 6.14. The zero-order chi connectivity index (χ0) is 21.3. The molecule has 0 fully saturated rings. The summed E-state index contributed by atoms with van der Waals surface area (Å²) in [6.45, 7) is 9.18. The van der Waals surface area contributed by atoms with Crippen LogP contribution >= 0.6 is 0 Å². The fourth-order valence-corrected chi connectivity index (χ4v) is 3.84. The number of carbonyl (C=O) groups excluding carboxylic acids is 1. The lowest BCUT2D eigenvalue weighted by Gasteiger charge is -2.19. The largest absolute Gasteiger partial charge is 0.462 e. The van der Waals surface area contributed by atoms with E-state index in [0.717, 1.165) is 45.8 Å². The van der Waals surface area contributed by atoms with Gasteiger partial charge in [0.1, 0.15) is 0 Å². The van der Waals surface area contributed by atoms with Crippen molar-refractivity contribution >= 4 is 27.8 Å². The van der Waals surface area contributed by atoms with Crippen LogP contribution in [0, 0.1) is 0 Å². The molecule has 1 heterocycles. The summed E-state index contributed by atoms with van der Waals surface area (Å²) in [6, 6.07) is 20.8.